The molecule has 19 heavy (non-hydrogen) atoms. The molecule has 3 nitrogen and oxygen atoms in total. The van der Waals surface area contributed by atoms with Crippen LogP contribution in [-0.4, -0.2) is 37.0 Å². The van der Waals surface area contributed by atoms with Crippen molar-refractivity contribution in [3.8, 4) is 0 Å². The molecule has 1 aliphatic rings. The maximum absolute atomic E-state index is 12.6. The zero-order chi connectivity index (χ0) is 14.0. The van der Waals surface area contributed by atoms with Crippen LogP contribution < -0.4 is 5.32 Å². The molecule has 2 unspecified atom stereocenters. The molecule has 1 aliphatic heterocycles. The highest BCUT2D eigenvalue weighted by Gasteiger charge is 2.28. The Balaban J connectivity index is 2.15. The molecular weight excluding hydrogens is 236 g/mol. The summed E-state index contributed by atoms with van der Waals surface area (Å²) >= 11 is 0. The fourth-order valence-corrected chi connectivity index (χ4v) is 2.91. The predicted octanol–water partition coefficient (Wildman–Crippen LogP) is 2.37. The molecular formula is C16H24N2O. The summed E-state index contributed by atoms with van der Waals surface area (Å²) in [4.78, 5) is 14.6. The summed E-state index contributed by atoms with van der Waals surface area (Å²) < 4.78 is 0. The molecule has 1 amide bonds. The maximum Gasteiger partial charge on any atom is 0.254 e. The fraction of sp³-hybridized carbons (Fsp3) is 0.562. The number of carbonyl (C=O) groups excluding carboxylic acids is 1. The average Bonchev–Trinajstić information content (AvgIpc) is 2.41. The van der Waals surface area contributed by atoms with Gasteiger partial charge in [0.2, 0.25) is 0 Å². The van der Waals surface area contributed by atoms with Gasteiger partial charge in [-0.2, -0.15) is 0 Å². The first-order valence-electron chi connectivity index (χ1n) is 7.07. The summed E-state index contributed by atoms with van der Waals surface area (Å²) in [6, 6.07) is 6.50. The first-order chi connectivity index (χ1) is 9.04. The molecule has 104 valence electrons. The first-order valence-corrected chi connectivity index (χ1v) is 7.07. The van der Waals surface area contributed by atoms with Gasteiger partial charge in [-0.05, 0) is 50.4 Å². The number of benzene rings is 1. The molecule has 0 aliphatic carbocycles. The SMILES string of the molecule is CNC1CCN(C(=O)c2cccc(C)c2C)CC1C. The Morgan fingerprint density at radius 2 is 2.11 bits per heavy atom. The highest BCUT2D eigenvalue weighted by molar-refractivity contribution is 5.96. The van der Waals surface area contributed by atoms with Crippen LogP contribution in [0, 0.1) is 19.8 Å². The van der Waals surface area contributed by atoms with E-state index in [1.165, 1.54) is 5.56 Å². The van der Waals surface area contributed by atoms with Crippen LogP contribution in [0.3, 0.4) is 0 Å². The third kappa shape index (κ3) is 2.81. The molecule has 1 N–H and O–H groups in total. The summed E-state index contributed by atoms with van der Waals surface area (Å²) in [7, 11) is 2.00. The highest BCUT2D eigenvalue weighted by Crippen LogP contribution is 2.21. The Kier molecular flexibility index (Phi) is 4.25. The number of amides is 1. The molecule has 0 spiro atoms. The van der Waals surface area contributed by atoms with Gasteiger partial charge in [0.05, 0.1) is 0 Å². The van der Waals surface area contributed by atoms with E-state index in [-0.39, 0.29) is 5.91 Å². The van der Waals surface area contributed by atoms with Crippen molar-refractivity contribution in [3.63, 3.8) is 0 Å². The lowest BCUT2D eigenvalue weighted by atomic mass is 9.93. The molecule has 0 aromatic heterocycles. The van der Waals surface area contributed by atoms with Crippen LogP contribution in [0.2, 0.25) is 0 Å². The van der Waals surface area contributed by atoms with Crippen LogP contribution in [0.5, 0.6) is 0 Å². The zero-order valence-electron chi connectivity index (χ0n) is 12.4. The lowest BCUT2D eigenvalue weighted by Crippen LogP contribution is -2.49. The van der Waals surface area contributed by atoms with E-state index < -0.39 is 0 Å². The smallest absolute Gasteiger partial charge is 0.254 e. The third-order valence-corrected chi connectivity index (χ3v) is 4.40. The van der Waals surface area contributed by atoms with Gasteiger partial charge >= 0.3 is 0 Å². The number of hydrogen-bond acceptors (Lipinski definition) is 2. The first kappa shape index (κ1) is 14.1. The molecule has 0 radical (unpaired) electrons. The minimum atomic E-state index is 0.183. The van der Waals surface area contributed by atoms with Crippen LogP contribution in [0.1, 0.15) is 34.8 Å². The van der Waals surface area contributed by atoms with Gasteiger partial charge < -0.3 is 10.2 Å². The van der Waals surface area contributed by atoms with E-state index in [9.17, 15) is 4.79 Å². The summed E-state index contributed by atoms with van der Waals surface area (Å²) in [6.45, 7) is 8.00. The van der Waals surface area contributed by atoms with E-state index in [0.717, 1.165) is 30.6 Å². The van der Waals surface area contributed by atoms with Gasteiger partial charge in [0.25, 0.3) is 5.91 Å². The number of carbonyl (C=O) groups is 1. The predicted molar refractivity (Wildman–Crippen MR) is 78.4 cm³/mol. The van der Waals surface area contributed by atoms with Gasteiger partial charge in [-0.25, -0.2) is 0 Å². The van der Waals surface area contributed by atoms with E-state index in [1.807, 2.05) is 31.0 Å². The Labute approximate surface area is 116 Å². The Hall–Kier alpha value is -1.35. The second-order valence-corrected chi connectivity index (χ2v) is 5.66. The number of rotatable bonds is 2. The minimum absolute atomic E-state index is 0.183. The van der Waals surface area contributed by atoms with Crippen molar-refractivity contribution in [2.75, 3.05) is 20.1 Å². The van der Waals surface area contributed by atoms with Gasteiger partial charge in [0, 0.05) is 24.7 Å². The summed E-state index contributed by atoms with van der Waals surface area (Å²) in [5, 5.41) is 3.34. The number of nitrogens with zero attached hydrogens (tertiary/aromatic N) is 1. The minimum Gasteiger partial charge on any atom is -0.338 e. The summed E-state index contributed by atoms with van der Waals surface area (Å²) in [5.74, 6) is 0.690. The van der Waals surface area contributed by atoms with Crippen molar-refractivity contribution in [1.82, 2.24) is 10.2 Å². The topological polar surface area (TPSA) is 32.3 Å². The zero-order valence-corrected chi connectivity index (χ0v) is 12.4. The normalized spacial score (nSPS) is 23.5. The standard InChI is InChI=1S/C16H24N2O/c1-11-6-5-7-14(13(11)3)16(19)18-9-8-15(17-4)12(2)10-18/h5-7,12,15,17H,8-10H2,1-4H3. The molecule has 0 saturated carbocycles. The van der Waals surface area contributed by atoms with Crippen molar-refractivity contribution < 1.29 is 4.79 Å². The molecule has 1 aromatic rings. The van der Waals surface area contributed by atoms with Crippen LogP contribution in [0.4, 0.5) is 0 Å². The van der Waals surface area contributed by atoms with Gasteiger partial charge in [-0.1, -0.05) is 19.1 Å². The maximum atomic E-state index is 12.6. The largest absolute Gasteiger partial charge is 0.338 e. The second kappa shape index (κ2) is 5.74. The Morgan fingerprint density at radius 1 is 1.37 bits per heavy atom. The molecule has 1 fully saturated rings. The van der Waals surface area contributed by atoms with Gasteiger partial charge in [0.15, 0.2) is 0 Å². The van der Waals surface area contributed by atoms with Gasteiger partial charge in [0.1, 0.15) is 0 Å². The number of nitrogens with one attached hydrogen (secondary N) is 1. The molecule has 0 bridgehead atoms. The van der Waals surface area contributed by atoms with Crippen molar-refractivity contribution in [2.24, 2.45) is 5.92 Å². The Bertz CT molecular complexity index is 470. The van der Waals surface area contributed by atoms with Crippen LogP contribution in [0.15, 0.2) is 18.2 Å². The van der Waals surface area contributed by atoms with E-state index in [2.05, 4.69) is 25.2 Å². The van der Waals surface area contributed by atoms with Crippen molar-refractivity contribution in [1.29, 1.82) is 0 Å². The van der Waals surface area contributed by atoms with E-state index in [1.54, 1.807) is 0 Å². The Morgan fingerprint density at radius 3 is 2.74 bits per heavy atom. The van der Waals surface area contributed by atoms with Crippen molar-refractivity contribution in [3.05, 3.63) is 34.9 Å². The lowest BCUT2D eigenvalue weighted by Gasteiger charge is -2.37. The second-order valence-electron chi connectivity index (χ2n) is 5.66. The van der Waals surface area contributed by atoms with Crippen molar-refractivity contribution in [2.45, 2.75) is 33.2 Å². The van der Waals surface area contributed by atoms with Crippen LogP contribution in [-0.2, 0) is 0 Å². The molecule has 3 heteroatoms. The average molecular weight is 260 g/mol. The third-order valence-electron chi connectivity index (χ3n) is 4.40. The molecule has 1 heterocycles. The monoisotopic (exact) mass is 260 g/mol. The lowest BCUT2D eigenvalue weighted by molar-refractivity contribution is 0.0648. The van der Waals surface area contributed by atoms with Crippen LogP contribution in [0.25, 0.3) is 0 Å². The number of likely N-dealkylation sites (tertiary alicyclic amines) is 1. The van der Waals surface area contributed by atoms with Crippen LogP contribution >= 0.6 is 0 Å². The van der Waals surface area contributed by atoms with Gasteiger partial charge in [-0.15, -0.1) is 0 Å². The molecule has 2 atom stereocenters. The number of aryl methyl sites for hydroxylation is 1. The van der Waals surface area contributed by atoms with E-state index >= 15 is 0 Å². The summed E-state index contributed by atoms with van der Waals surface area (Å²) in [6.07, 6.45) is 1.04. The number of hydrogen-bond donors (Lipinski definition) is 1. The van der Waals surface area contributed by atoms with E-state index in [4.69, 9.17) is 0 Å². The van der Waals surface area contributed by atoms with E-state index in [0.29, 0.717) is 12.0 Å². The van der Waals surface area contributed by atoms with Gasteiger partial charge in [-0.3, -0.25) is 4.79 Å². The fourth-order valence-electron chi connectivity index (χ4n) is 2.91. The summed E-state index contributed by atoms with van der Waals surface area (Å²) in [5.41, 5.74) is 3.15. The number of piperidine rings is 1. The van der Waals surface area contributed by atoms with Crippen molar-refractivity contribution >= 4 is 5.91 Å². The molecule has 2 rings (SSSR count). The quantitative estimate of drug-likeness (QED) is 0.885. The molecule has 1 aromatic carbocycles. The highest BCUT2D eigenvalue weighted by atomic mass is 16.2. The molecule has 1 saturated heterocycles.